The van der Waals surface area contributed by atoms with E-state index in [0.29, 0.717) is 17.2 Å². The first-order chi connectivity index (χ1) is 11.9. The maximum Gasteiger partial charge on any atom is 0.271 e. The van der Waals surface area contributed by atoms with E-state index in [9.17, 15) is 8.42 Å². The molecular formula is C16H17N3O4S2. The number of hydrogen-bond acceptors (Lipinski definition) is 6. The predicted molar refractivity (Wildman–Crippen MR) is 97.0 cm³/mol. The van der Waals surface area contributed by atoms with Gasteiger partial charge in [0, 0.05) is 11.8 Å². The summed E-state index contributed by atoms with van der Waals surface area (Å²) in [7, 11) is -0.691. The van der Waals surface area contributed by atoms with Crippen LogP contribution in [0.2, 0.25) is 0 Å². The third-order valence-corrected chi connectivity index (χ3v) is 6.42. The second-order valence-corrected chi connectivity index (χ2v) is 8.22. The Hall–Kier alpha value is -2.52. The molecule has 0 aliphatic rings. The van der Waals surface area contributed by atoms with Crippen LogP contribution in [-0.2, 0) is 10.0 Å². The number of nitrogens with zero attached hydrogens (tertiary/aromatic N) is 1. The number of aromatic amines is 1. The van der Waals surface area contributed by atoms with E-state index in [0.717, 1.165) is 27.6 Å². The summed E-state index contributed by atoms with van der Waals surface area (Å²) in [5.74, 6) is 0.972. The zero-order chi connectivity index (χ0) is 18.0. The molecule has 1 aromatic carbocycles. The molecule has 25 heavy (non-hydrogen) atoms. The van der Waals surface area contributed by atoms with Gasteiger partial charge in [0.05, 0.1) is 24.8 Å². The second-order valence-electron chi connectivity index (χ2n) is 5.23. The maximum absolute atomic E-state index is 12.6. The largest absolute Gasteiger partial charge is 0.493 e. The topological polar surface area (TPSA) is 93.3 Å². The van der Waals surface area contributed by atoms with E-state index in [1.54, 1.807) is 30.3 Å². The first-order valence-corrected chi connectivity index (χ1v) is 9.60. The summed E-state index contributed by atoms with van der Waals surface area (Å²) in [6, 6.07) is 10.00. The molecule has 0 bridgehead atoms. The molecule has 3 aromatic rings. The van der Waals surface area contributed by atoms with E-state index < -0.39 is 10.0 Å². The highest BCUT2D eigenvalue weighted by atomic mass is 32.2. The van der Waals surface area contributed by atoms with Crippen molar-refractivity contribution in [3.8, 4) is 22.1 Å². The highest BCUT2D eigenvalue weighted by molar-refractivity contribution is 7.94. The van der Waals surface area contributed by atoms with Crippen LogP contribution in [0.25, 0.3) is 10.6 Å². The van der Waals surface area contributed by atoms with Crippen molar-refractivity contribution in [2.75, 3.05) is 18.9 Å². The van der Waals surface area contributed by atoms with E-state index in [1.165, 1.54) is 14.2 Å². The SMILES string of the molecule is COc1ccc(NS(=O)(=O)c2ccc(-c3cc(C)[nH]n3)s2)cc1OC. The summed E-state index contributed by atoms with van der Waals surface area (Å²) in [5, 5.41) is 6.99. The molecule has 2 heterocycles. The van der Waals surface area contributed by atoms with Crippen LogP contribution < -0.4 is 14.2 Å². The summed E-state index contributed by atoms with van der Waals surface area (Å²) in [6.45, 7) is 1.89. The number of ether oxygens (including phenoxy) is 2. The fourth-order valence-electron chi connectivity index (χ4n) is 2.25. The number of hydrogen-bond donors (Lipinski definition) is 2. The lowest BCUT2D eigenvalue weighted by molar-refractivity contribution is 0.355. The van der Waals surface area contributed by atoms with Crippen molar-refractivity contribution in [2.24, 2.45) is 0 Å². The minimum atomic E-state index is -3.70. The molecule has 0 amide bonds. The molecule has 3 rings (SSSR count). The van der Waals surface area contributed by atoms with Gasteiger partial charge in [0.2, 0.25) is 0 Å². The molecule has 0 saturated carbocycles. The zero-order valence-corrected chi connectivity index (χ0v) is 15.5. The van der Waals surface area contributed by atoms with Crippen molar-refractivity contribution in [1.82, 2.24) is 10.2 Å². The van der Waals surface area contributed by atoms with Gasteiger partial charge in [-0.25, -0.2) is 8.42 Å². The first kappa shape index (κ1) is 17.3. The Kier molecular flexibility index (Phi) is 4.69. The monoisotopic (exact) mass is 379 g/mol. The van der Waals surface area contributed by atoms with Crippen LogP contribution in [-0.4, -0.2) is 32.8 Å². The van der Waals surface area contributed by atoms with E-state index in [2.05, 4.69) is 14.9 Å². The Balaban J connectivity index is 1.86. The molecule has 0 atom stereocenters. The average Bonchev–Trinajstić information content (AvgIpc) is 3.23. The molecule has 0 saturated heterocycles. The maximum atomic E-state index is 12.6. The van der Waals surface area contributed by atoms with Crippen LogP contribution in [0.4, 0.5) is 5.69 Å². The van der Waals surface area contributed by atoms with Gasteiger partial charge in [-0.2, -0.15) is 5.10 Å². The zero-order valence-electron chi connectivity index (χ0n) is 13.9. The molecule has 0 spiro atoms. The van der Waals surface area contributed by atoms with Crippen LogP contribution in [0.5, 0.6) is 11.5 Å². The lowest BCUT2D eigenvalue weighted by Crippen LogP contribution is -2.11. The molecule has 0 fully saturated rings. The van der Waals surface area contributed by atoms with Gasteiger partial charge in [-0.1, -0.05) is 0 Å². The molecular weight excluding hydrogens is 362 g/mol. The molecule has 2 N–H and O–H groups in total. The number of aryl methyl sites for hydroxylation is 1. The van der Waals surface area contributed by atoms with Crippen molar-refractivity contribution >= 4 is 27.0 Å². The summed E-state index contributed by atoms with van der Waals surface area (Å²) in [4.78, 5) is 0.775. The molecule has 2 aromatic heterocycles. The van der Waals surface area contributed by atoms with Gasteiger partial charge >= 0.3 is 0 Å². The standard InChI is InChI=1S/C16H17N3O4S2/c1-10-8-12(18-17-10)15-6-7-16(24-15)25(20,21)19-11-4-5-13(22-2)14(9-11)23-3/h4-9,19H,1-3H3,(H,17,18). The van der Waals surface area contributed by atoms with E-state index >= 15 is 0 Å². The Bertz CT molecular complexity index is 992. The lowest BCUT2D eigenvalue weighted by Gasteiger charge is -2.11. The number of H-pyrrole nitrogens is 1. The fourth-order valence-corrected chi connectivity index (χ4v) is 4.57. The Labute approximate surface area is 149 Å². The summed E-state index contributed by atoms with van der Waals surface area (Å²) in [6.07, 6.45) is 0. The second kappa shape index (κ2) is 6.77. The summed E-state index contributed by atoms with van der Waals surface area (Å²) in [5.41, 5.74) is 2.02. The van der Waals surface area contributed by atoms with Gasteiger partial charge in [0.1, 0.15) is 9.90 Å². The van der Waals surface area contributed by atoms with Crippen LogP contribution >= 0.6 is 11.3 Å². The van der Waals surface area contributed by atoms with Gasteiger partial charge in [0.25, 0.3) is 10.0 Å². The Morgan fingerprint density at radius 3 is 2.48 bits per heavy atom. The van der Waals surface area contributed by atoms with Gasteiger partial charge in [-0.05, 0) is 37.3 Å². The Morgan fingerprint density at radius 2 is 1.84 bits per heavy atom. The van der Waals surface area contributed by atoms with Crippen LogP contribution in [0.15, 0.2) is 40.6 Å². The smallest absolute Gasteiger partial charge is 0.271 e. The number of anilines is 1. The van der Waals surface area contributed by atoms with Gasteiger partial charge in [-0.15, -0.1) is 11.3 Å². The lowest BCUT2D eigenvalue weighted by atomic mass is 10.3. The van der Waals surface area contributed by atoms with Crippen molar-refractivity contribution in [1.29, 1.82) is 0 Å². The molecule has 9 heteroatoms. The number of aromatic nitrogens is 2. The third kappa shape index (κ3) is 3.62. The van der Waals surface area contributed by atoms with Crippen molar-refractivity contribution in [3.05, 3.63) is 42.1 Å². The molecule has 132 valence electrons. The number of rotatable bonds is 6. The minimum absolute atomic E-state index is 0.206. The number of benzene rings is 1. The normalized spacial score (nSPS) is 11.3. The summed E-state index contributed by atoms with van der Waals surface area (Å²) >= 11 is 1.15. The average molecular weight is 379 g/mol. The molecule has 0 radical (unpaired) electrons. The predicted octanol–water partition coefficient (Wildman–Crippen LogP) is 3.26. The van der Waals surface area contributed by atoms with Crippen molar-refractivity contribution in [2.45, 2.75) is 11.1 Å². The van der Waals surface area contributed by atoms with Crippen LogP contribution in [0, 0.1) is 6.92 Å². The summed E-state index contributed by atoms with van der Waals surface area (Å²) < 4.78 is 38.3. The molecule has 0 aliphatic carbocycles. The highest BCUT2D eigenvalue weighted by Crippen LogP contribution is 2.33. The Morgan fingerprint density at radius 1 is 1.08 bits per heavy atom. The first-order valence-electron chi connectivity index (χ1n) is 7.30. The van der Waals surface area contributed by atoms with Crippen molar-refractivity contribution in [3.63, 3.8) is 0 Å². The minimum Gasteiger partial charge on any atom is -0.493 e. The fraction of sp³-hybridized carbons (Fsp3) is 0.188. The van der Waals surface area contributed by atoms with Crippen molar-refractivity contribution < 1.29 is 17.9 Å². The van der Waals surface area contributed by atoms with E-state index in [-0.39, 0.29) is 4.21 Å². The highest BCUT2D eigenvalue weighted by Gasteiger charge is 2.19. The van der Waals surface area contributed by atoms with E-state index in [1.807, 2.05) is 13.0 Å². The molecule has 0 aliphatic heterocycles. The molecule has 0 unspecified atom stereocenters. The quantitative estimate of drug-likeness (QED) is 0.686. The van der Waals surface area contributed by atoms with Gasteiger partial charge < -0.3 is 9.47 Å². The molecule has 7 nitrogen and oxygen atoms in total. The number of methoxy groups -OCH3 is 2. The van der Waals surface area contributed by atoms with E-state index in [4.69, 9.17) is 9.47 Å². The third-order valence-electron chi connectivity index (χ3n) is 3.44. The number of thiophene rings is 1. The van der Waals surface area contributed by atoms with Crippen LogP contribution in [0.3, 0.4) is 0 Å². The number of nitrogens with one attached hydrogen (secondary N) is 2. The number of sulfonamides is 1. The van der Waals surface area contributed by atoms with Gasteiger partial charge in [-0.3, -0.25) is 9.82 Å². The van der Waals surface area contributed by atoms with Crippen LogP contribution in [0.1, 0.15) is 5.69 Å². The van der Waals surface area contributed by atoms with Gasteiger partial charge in [0.15, 0.2) is 11.5 Å².